The van der Waals surface area contributed by atoms with Gasteiger partial charge in [-0.3, -0.25) is 0 Å². The predicted molar refractivity (Wildman–Crippen MR) is 69.4 cm³/mol. The number of benzene rings is 1. The Morgan fingerprint density at radius 3 is 2.28 bits per heavy atom. The molecule has 0 saturated heterocycles. The van der Waals surface area contributed by atoms with E-state index in [9.17, 15) is 12.8 Å². The molecule has 3 nitrogen and oxygen atoms in total. The van der Waals surface area contributed by atoms with Crippen LogP contribution in [0.3, 0.4) is 0 Å². The van der Waals surface area contributed by atoms with Crippen LogP contribution in [0.1, 0.15) is 31.2 Å². The van der Waals surface area contributed by atoms with Crippen molar-refractivity contribution in [1.82, 2.24) is 4.72 Å². The Kier molecular flexibility index (Phi) is 3.73. The second-order valence-electron chi connectivity index (χ2n) is 5.09. The number of rotatable bonds is 4. The van der Waals surface area contributed by atoms with Crippen molar-refractivity contribution >= 4 is 10.0 Å². The van der Waals surface area contributed by atoms with Crippen LogP contribution in [0.15, 0.2) is 24.3 Å². The third kappa shape index (κ3) is 3.09. The number of nitrogens with one attached hydrogen (secondary N) is 1. The largest absolute Gasteiger partial charge is 0.215 e. The molecule has 0 radical (unpaired) electrons. The lowest BCUT2D eigenvalue weighted by Crippen LogP contribution is -2.38. The summed E-state index contributed by atoms with van der Waals surface area (Å²) in [4.78, 5) is 0. The van der Waals surface area contributed by atoms with Gasteiger partial charge in [-0.05, 0) is 30.5 Å². The SMILES string of the molecule is CS(=O)(=O)NCC1(c2ccc(F)cc2)CCCC1. The molecule has 0 aliphatic heterocycles. The third-order valence-corrected chi connectivity index (χ3v) is 4.36. The predicted octanol–water partition coefficient (Wildman–Crippen LogP) is 2.19. The molecule has 0 unspecified atom stereocenters. The first kappa shape index (κ1) is 13.5. The van der Waals surface area contributed by atoms with Crippen molar-refractivity contribution in [3.8, 4) is 0 Å². The lowest BCUT2D eigenvalue weighted by atomic mass is 9.79. The second kappa shape index (κ2) is 4.97. The minimum atomic E-state index is -3.19. The third-order valence-electron chi connectivity index (χ3n) is 3.69. The van der Waals surface area contributed by atoms with Gasteiger partial charge in [-0.2, -0.15) is 0 Å². The van der Waals surface area contributed by atoms with Crippen LogP contribution in [-0.2, 0) is 15.4 Å². The van der Waals surface area contributed by atoms with Crippen LogP contribution in [0, 0.1) is 5.82 Å². The van der Waals surface area contributed by atoms with Gasteiger partial charge in [0.1, 0.15) is 5.82 Å². The number of hydrogen-bond donors (Lipinski definition) is 1. The zero-order valence-electron chi connectivity index (χ0n) is 10.4. The molecule has 0 amide bonds. The first-order valence-electron chi connectivity index (χ1n) is 6.12. The fraction of sp³-hybridized carbons (Fsp3) is 0.538. The van der Waals surface area contributed by atoms with E-state index in [-0.39, 0.29) is 11.2 Å². The van der Waals surface area contributed by atoms with Gasteiger partial charge in [0.25, 0.3) is 0 Å². The van der Waals surface area contributed by atoms with Crippen LogP contribution in [-0.4, -0.2) is 21.2 Å². The van der Waals surface area contributed by atoms with Crippen molar-refractivity contribution in [3.05, 3.63) is 35.6 Å². The van der Waals surface area contributed by atoms with E-state index < -0.39 is 10.0 Å². The Bertz CT molecular complexity index is 504. The number of sulfonamides is 1. The molecule has 100 valence electrons. The van der Waals surface area contributed by atoms with Crippen LogP contribution < -0.4 is 4.72 Å². The molecule has 2 rings (SSSR count). The fourth-order valence-corrected chi connectivity index (χ4v) is 3.23. The maximum atomic E-state index is 13.0. The van der Waals surface area contributed by atoms with Gasteiger partial charge in [0.05, 0.1) is 6.26 Å². The van der Waals surface area contributed by atoms with E-state index in [0.29, 0.717) is 6.54 Å². The van der Waals surface area contributed by atoms with E-state index in [4.69, 9.17) is 0 Å². The highest BCUT2D eigenvalue weighted by Crippen LogP contribution is 2.40. The van der Waals surface area contributed by atoms with E-state index in [1.165, 1.54) is 18.4 Å². The molecule has 0 bridgehead atoms. The average Bonchev–Trinajstić information content (AvgIpc) is 2.76. The van der Waals surface area contributed by atoms with Crippen LogP contribution >= 0.6 is 0 Å². The molecule has 1 aliphatic carbocycles. The van der Waals surface area contributed by atoms with E-state index in [1.54, 1.807) is 12.1 Å². The molecule has 0 heterocycles. The van der Waals surface area contributed by atoms with Gasteiger partial charge in [0.2, 0.25) is 10.0 Å². The van der Waals surface area contributed by atoms with Crippen molar-refractivity contribution in [2.45, 2.75) is 31.1 Å². The summed E-state index contributed by atoms with van der Waals surface area (Å²) < 4.78 is 38.0. The molecule has 1 fully saturated rings. The van der Waals surface area contributed by atoms with Crippen molar-refractivity contribution in [2.24, 2.45) is 0 Å². The molecule has 1 saturated carbocycles. The standard InChI is InChI=1S/C13H18FNO2S/c1-18(16,17)15-10-13(8-2-3-9-13)11-4-6-12(14)7-5-11/h4-7,15H,2-3,8-10H2,1H3. The van der Waals surface area contributed by atoms with Gasteiger partial charge in [-0.25, -0.2) is 17.5 Å². The van der Waals surface area contributed by atoms with E-state index in [2.05, 4.69) is 4.72 Å². The summed E-state index contributed by atoms with van der Waals surface area (Å²) in [5.74, 6) is -0.261. The van der Waals surface area contributed by atoms with E-state index in [0.717, 1.165) is 31.2 Å². The van der Waals surface area contributed by atoms with Gasteiger partial charge in [0, 0.05) is 12.0 Å². The zero-order chi connectivity index (χ0) is 13.2. The Hall–Kier alpha value is -0.940. The van der Waals surface area contributed by atoms with Gasteiger partial charge in [-0.1, -0.05) is 25.0 Å². The van der Waals surface area contributed by atoms with Gasteiger partial charge in [0.15, 0.2) is 0 Å². The van der Waals surface area contributed by atoms with Gasteiger partial charge >= 0.3 is 0 Å². The van der Waals surface area contributed by atoms with Crippen molar-refractivity contribution < 1.29 is 12.8 Å². The van der Waals surface area contributed by atoms with E-state index in [1.807, 2.05) is 0 Å². The maximum absolute atomic E-state index is 13.0. The lowest BCUT2D eigenvalue weighted by Gasteiger charge is -2.29. The minimum Gasteiger partial charge on any atom is -0.215 e. The number of hydrogen-bond acceptors (Lipinski definition) is 2. The molecule has 1 N–H and O–H groups in total. The highest BCUT2D eigenvalue weighted by Gasteiger charge is 2.36. The van der Waals surface area contributed by atoms with Crippen LogP contribution in [0.2, 0.25) is 0 Å². The molecule has 0 aromatic heterocycles. The Morgan fingerprint density at radius 1 is 1.22 bits per heavy atom. The van der Waals surface area contributed by atoms with Gasteiger partial charge < -0.3 is 0 Å². The smallest absolute Gasteiger partial charge is 0.208 e. The van der Waals surface area contributed by atoms with Gasteiger partial charge in [-0.15, -0.1) is 0 Å². The summed E-state index contributed by atoms with van der Waals surface area (Å²) in [6, 6.07) is 6.42. The monoisotopic (exact) mass is 271 g/mol. The topological polar surface area (TPSA) is 46.2 Å². The summed E-state index contributed by atoms with van der Waals surface area (Å²) in [6.07, 6.45) is 5.23. The Balaban J connectivity index is 2.24. The van der Waals surface area contributed by atoms with Crippen LogP contribution in [0.5, 0.6) is 0 Å². The quantitative estimate of drug-likeness (QED) is 0.912. The summed E-state index contributed by atoms with van der Waals surface area (Å²) in [5, 5.41) is 0. The Morgan fingerprint density at radius 2 is 1.78 bits per heavy atom. The molecular formula is C13H18FNO2S. The van der Waals surface area contributed by atoms with Crippen LogP contribution in [0.25, 0.3) is 0 Å². The number of halogens is 1. The highest BCUT2D eigenvalue weighted by atomic mass is 32.2. The maximum Gasteiger partial charge on any atom is 0.208 e. The highest BCUT2D eigenvalue weighted by molar-refractivity contribution is 7.88. The first-order chi connectivity index (χ1) is 8.41. The lowest BCUT2D eigenvalue weighted by molar-refractivity contribution is 0.432. The molecule has 0 atom stereocenters. The molecule has 18 heavy (non-hydrogen) atoms. The van der Waals surface area contributed by atoms with Crippen molar-refractivity contribution in [3.63, 3.8) is 0 Å². The molecule has 1 aliphatic rings. The normalized spacial score (nSPS) is 19.0. The Labute approximate surface area is 107 Å². The fourth-order valence-electron chi connectivity index (χ4n) is 2.69. The molecule has 1 aromatic rings. The summed E-state index contributed by atoms with van der Waals surface area (Å²) >= 11 is 0. The van der Waals surface area contributed by atoms with Crippen molar-refractivity contribution in [2.75, 3.05) is 12.8 Å². The van der Waals surface area contributed by atoms with E-state index >= 15 is 0 Å². The zero-order valence-corrected chi connectivity index (χ0v) is 11.3. The second-order valence-corrected chi connectivity index (χ2v) is 6.92. The molecular weight excluding hydrogens is 253 g/mol. The molecule has 5 heteroatoms. The summed E-state index contributed by atoms with van der Waals surface area (Å²) in [7, 11) is -3.19. The first-order valence-corrected chi connectivity index (χ1v) is 8.01. The molecule has 0 spiro atoms. The minimum absolute atomic E-state index is 0.170. The molecule has 1 aromatic carbocycles. The summed E-state index contributed by atoms with van der Waals surface area (Å²) in [6.45, 7) is 0.400. The summed E-state index contributed by atoms with van der Waals surface area (Å²) in [5.41, 5.74) is 0.856. The average molecular weight is 271 g/mol. The van der Waals surface area contributed by atoms with Crippen molar-refractivity contribution in [1.29, 1.82) is 0 Å². The van der Waals surface area contributed by atoms with Crippen LogP contribution in [0.4, 0.5) is 4.39 Å².